The molecule has 1 aromatic carbocycles. The molecule has 1 fully saturated rings. The number of carbonyl (C=O) groups excluding carboxylic acids is 2. The molecule has 0 aliphatic carbocycles. The Kier molecular flexibility index (Phi) is 6.86. The normalized spacial score (nSPS) is 17.1. The minimum absolute atomic E-state index is 0.0294. The van der Waals surface area contributed by atoms with Crippen molar-refractivity contribution in [2.24, 2.45) is 5.92 Å². The van der Waals surface area contributed by atoms with Crippen LogP contribution in [0.2, 0.25) is 0 Å². The highest BCUT2D eigenvalue weighted by atomic mass is 19.4. The van der Waals surface area contributed by atoms with Crippen molar-refractivity contribution < 1.29 is 22.8 Å². The number of rotatable bonds is 5. The zero-order chi connectivity index (χ0) is 20.2. The van der Waals surface area contributed by atoms with E-state index in [1.807, 2.05) is 25.7 Å². The molecule has 0 bridgehead atoms. The molecule has 2 amide bonds. The van der Waals surface area contributed by atoms with E-state index in [9.17, 15) is 22.8 Å². The van der Waals surface area contributed by atoms with Gasteiger partial charge in [0.2, 0.25) is 5.91 Å². The van der Waals surface area contributed by atoms with Crippen molar-refractivity contribution >= 4 is 11.8 Å². The fourth-order valence-electron chi connectivity index (χ4n) is 2.79. The van der Waals surface area contributed by atoms with Gasteiger partial charge in [-0.1, -0.05) is 19.9 Å². The monoisotopic (exact) mass is 385 g/mol. The Morgan fingerprint density at radius 1 is 1.11 bits per heavy atom. The summed E-state index contributed by atoms with van der Waals surface area (Å²) in [6, 6.07) is 4.55. The first-order chi connectivity index (χ1) is 12.6. The maximum atomic E-state index is 12.8. The van der Waals surface area contributed by atoms with E-state index in [1.54, 1.807) is 0 Å². The number of nitrogens with zero attached hydrogens (tertiary/aromatic N) is 2. The van der Waals surface area contributed by atoms with E-state index in [1.165, 1.54) is 17.0 Å². The molecule has 1 aliphatic rings. The lowest BCUT2D eigenvalue weighted by Crippen LogP contribution is -2.52. The summed E-state index contributed by atoms with van der Waals surface area (Å²) in [6.45, 7) is 8.04. The van der Waals surface area contributed by atoms with Gasteiger partial charge in [-0.05, 0) is 31.0 Å². The van der Waals surface area contributed by atoms with Gasteiger partial charge in [0.15, 0.2) is 0 Å². The molecule has 1 aromatic rings. The molecule has 150 valence electrons. The van der Waals surface area contributed by atoms with E-state index in [-0.39, 0.29) is 24.1 Å². The van der Waals surface area contributed by atoms with E-state index in [0.717, 1.165) is 12.1 Å². The number of piperazine rings is 1. The molecular weight excluding hydrogens is 359 g/mol. The highest BCUT2D eigenvalue weighted by molar-refractivity contribution is 5.94. The molecule has 1 unspecified atom stereocenters. The van der Waals surface area contributed by atoms with Crippen LogP contribution in [-0.4, -0.2) is 60.4 Å². The van der Waals surface area contributed by atoms with Crippen molar-refractivity contribution in [2.45, 2.75) is 33.0 Å². The predicted octanol–water partition coefficient (Wildman–Crippen LogP) is 2.62. The molecule has 1 aliphatic heterocycles. The number of benzene rings is 1. The highest BCUT2D eigenvalue weighted by Crippen LogP contribution is 2.29. The third-order valence-corrected chi connectivity index (χ3v) is 4.85. The van der Waals surface area contributed by atoms with E-state index >= 15 is 0 Å². The van der Waals surface area contributed by atoms with Gasteiger partial charge in [-0.3, -0.25) is 14.5 Å². The second kappa shape index (κ2) is 8.73. The van der Waals surface area contributed by atoms with Gasteiger partial charge in [-0.2, -0.15) is 13.2 Å². The lowest BCUT2D eigenvalue weighted by atomic mass is 10.1. The Labute approximate surface area is 157 Å². The minimum atomic E-state index is -4.48. The largest absolute Gasteiger partial charge is 0.416 e. The molecule has 0 spiro atoms. The Morgan fingerprint density at radius 3 is 2.30 bits per heavy atom. The Bertz CT molecular complexity index is 668. The van der Waals surface area contributed by atoms with Crippen molar-refractivity contribution in [2.75, 3.05) is 32.7 Å². The van der Waals surface area contributed by atoms with Crippen LogP contribution in [0, 0.1) is 5.92 Å². The summed E-state index contributed by atoms with van der Waals surface area (Å²) >= 11 is 0. The number of hydrogen-bond donors (Lipinski definition) is 1. The maximum absolute atomic E-state index is 12.8. The molecule has 0 aromatic heterocycles. The molecule has 1 atom stereocenters. The van der Waals surface area contributed by atoms with E-state index in [4.69, 9.17) is 0 Å². The summed E-state index contributed by atoms with van der Waals surface area (Å²) in [5, 5.41) is 2.94. The second-order valence-electron chi connectivity index (χ2n) is 7.25. The number of amides is 2. The van der Waals surface area contributed by atoms with Crippen molar-refractivity contribution in [1.29, 1.82) is 0 Å². The van der Waals surface area contributed by atoms with Gasteiger partial charge in [0, 0.05) is 37.8 Å². The first-order valence-electron chi connectivity index (χ1n) is 9.06. The topological polar surface area (TPSA) is 52.7 Å². The number of alkyl halides is 3. The van der Waals surface area contributed by atoms with Crippen LogP contribution < -0.4 is 5.32 Å². The van der Waals surface area contributed by atoms with Gasteiger partial charge in [-0.15, -0.1) is 0 Å². The quantitative estimate of drug-likeness (QED) is 0.848. The van der Waals surface area contributed by atoms with Crippen molar-refractivity contribution in [3.63, 3.8) is 0 Å². The summed E-state index contributed by atoms with van der Waals surface area (Å²) in [5.41, 5.74) is -0.801. The fraction of sp³-hybridized carbons (Fsp3) is 0.579. The van der Waals surface area contributed by atoms with Crippen LogP contribution in [0.15, 0.2) is 24.3 Å². The fourth-order valence-corrected chi connectivity index (χ4v) is 2.79. The highest BCUT2D eigenvalue weighted by Gasteiger charge is 2.31. The number of carbonyl (C=O) groups is 2. The average molecular weight is 385 g/mol. The van der Waals surface area contributed by atoms with Crippen LogP contribution in [-0.2, 0) is 11.0 Å². The third kappa shape index (κ3) is 5.95. The maximum Gasteiger partial charge on any atom is 0.416 e. The van der Waals surface area contributed by atoms with Gasteiger partial charge in [0.25, 0.3) is 5.91 Å². The molecule has 1 heterocycles. The van der Waals surface area contributed by atoms with Crippen LogP contribution in [0.25, 0.3) is 0 Å². The van der Waals surface area contributed by atoms with Gasteiger partial charge < -0.3 is 10.2 Å². The summed E-state index contributed by atoms with van der Waals surface area (Å²) in [6.07, 6.45) is -4.48. The average Bonchev–Trinajstić information content (AvgIpc) is 2.61. The summed E-state index contributed by atoms with van der Waals surface area (Å²) in [5.74, 6) is -0.136. The third-order valence-electron chi connectivity index (χ3n) is 4.85. The van der Waals surface area contributed by atoms with Crippen molar-refractivity contribution in [1.82, 2.24) is 15.1 Å². The Hall–Kier alpha value is -2.09. The number of halogens is 3. The van der Waals surface area contributed by atoms with Crippen molar-refractivity contribution in [3.8, 4) is 0 Å². The van der Waals surface area contributed by atoms with Gasteiger partial charge >= 0.3 is 6.18 Å². The van der Waals surface area contributed by atoms with Gasteiger partial charge in [0.1, 0.15) is 0 Å². The standard InChI is InChI=1S/C19H26F3N3O2/c1-13(2)14(3)23-17(26)12-24-7-9-25(10-8-24)18(27)15-5-4-6-16(11-15)19(20,21)22/h4-6,11,13-14H,7-10,12H2,1-3H3,(H,23,26). The van der Waals surface area contributed by atoms with Crippen molar-refractivity contribution in [3.05, 3.63) is 35.4 Å². The van der Waals surface area contributed by atoms with Crippen LogP contribution in [0.4, 0.5) is 13.2 Å². The smallest absolute Gasteiger partial charge is 0.352 e. The van der Waals surface area contributed by atoms with Crippen LogP contribution in [0.3, 0.4) is 0 Å². The molecule has 1 saturated heterocycles. The van der Waals surface area contributed by atoms with Crippen LogP contribution >= 0.6 is 0 Å². The lowest BCUT2D eigenvalue weighted by molar-refractivity contribution is -0.137. The molecule has 8 heteroatoms. The molecule has 1 N–H and O–H groups in total. The van der Waals surface area contributed by atoms with E-state index in [0.29, 0.717) is 32.1 Å². The van der Waals surface area contributed by atoms with Gasteiger partial charge in [0.05, 0.1) is 12.1 Å². The number of hydrogen-bond acceptors (Lipinski definition) is 3. The minimum Gasteiger partial charge on any atom is -0.352 e. The van der Waals surface area contributed by atoms with Crippen LogP contribution in [0.5, 0.6) is 0 Å². The van der Waals surface area contributed by atoms with E-state index < -0.39 is 17.6 Å². The zero-order valence-electron chi connectivity index (χ0n) is 15.8. The molecule has 2 rings (SSSR count). The lowest BCUT2D eigenvalue weighted by Gasteiger charge is -2.34. The molecule has 0 radical (unpaired) electrons. The van der Waals surface area contributed by atoms with E-state index in [2.05, 4.69) is 5.32 Å². The summed E-state index contributed by atoms with van der Waals surface area (Å²) in [4.78, 5) is 28.0. The molecular formula is C19H26F3N3O2. The summed E-state index contributed by atoms with van der Waals surface area (Å²) < 4.78 is 38.5. The molecule has 27 heavy (non-hydrogen) atoms. The Balaban J connectivity index is 1.88. The first kappa shape index (κ1) is 21.2. The Morgan fingerprint density at radius 2 is 1.74 bits per heavy atom. The first-order valence-corrected chi connectivity index (χ1v) is 9.06. The molecule has 0 saturated carbocycles. The summed E-state index contributed by atoms with van der Waals surface area (Å²) in [7, 11) is 0. The predicted molar refractivity (Wildman–Crippen MR) is 96.2 cm³/mol. The van der Waals surface area contributed by atoms with Gasteiger partial charge in [-0.25, -0.2) is 0 Å². The SMILES string of the molecule is CC(C)C(C)NC(=O)CN1CCN(C(=O)c2cccc(C(F)(F)F)c2)CC1. The van der Waals surface area contributed by atoms with Crippen LogP contribution in [0.1, 0.15) is 36.7 Å². The number of nitrogens with one attached hydrogen (secondary N) is 1. The second-order valence-corrected chi connectivity index (χ2v) is 7.25. The molecule has 5 nitrogen and oxygen atoms in total. The zero-order valence-corrected chi connectivity index (χ0v) is 15.8.